The Bertz CT molecular complexity index is 854. The Balaban J connectivity index is 1.79. The maximum atomic E-state index is 12.1. The lowest BCUT2D eigenvalue weighted by Crippen LogP contribution is -2.37. The van der Waals surface area contributed by atoms with Crippen molar-refractivity contribution in [3.63, 3.8) is 0 Å². The fourth-order valence-corrected chi connectivity index (χ4v) is 2.47. The predicted molar refractivity (Wildman–Crippen MR) is 110 cm³/mol. The van der Waals surface area contributed by atoms with Crippen LogP contribution in [0.2, 0.25) is 5.02 Å². The first-order valence-electron chi connectivity index (χ1n) is 9.09. The van der Waals surface area contributed by atoms with Crippen LogP contribution in [-0.4, -0.2) is 49.5 Å². The molecule has 0 atom stereocenters. The van der Waals surface area contributed by atoms with E-state index in [0.717, 1.165) is 6.42 Å². The Hall–Kier alpha value is -3.06. The maximum absolute atomic E-state index is 12.1. The van der Waals surface area contributed by atoms with Gasteiger partial charge in [-0.15, -0.1) is 0 Å². The predicted octanol–water partition coefficient (Wildman–Crippen LogP) is 3.38. The third-order valence-electron chi connectivity index (χ3n) is 3.84. The van der Waals surface area contributed by atoms with E-state index in [1.807, 2.05) is 6.92 Å². The summed E-state index contributed by atoms with van der Waals surface area (Å²) in [6, 6.07) is 13.2. The quantitative estimate of drug-likeness (QED) is 0.631. The number of hydrogen-bond acceptors (Lipinski definition) is 5. The van der Waals surface area contributed by atoms with Crippen molar-refractivity contribution in [2.75, 3.05) is 32.1 Å². The number of para-hydroxylation sites is 1. The highest BCUT2D eigenvalue weighted by molar-refractivity contribution is 6.33. The molecule has 8 heteroatoms. The summed E-state index contributed by atoms with van der Waals surface area (Å²) in [5.74, 6) is -0.892. The molecule has 0 saturated heterocycles. The summed E-state index contributed by atoms with van der Waals surface area (Å²) < 4.78 is 10.5. The average molecular weight is 419 g/mol. The minimum atomic E-state index is -0.630. The van der Waals surface area contributed by atoms with Gasteiger partial charge in [-0.25, -0.2) is 4.79 Å². The maximum Gasteiger partial charge on any atom is 0.338 e. The normalized spacial score (nSPS) is 10.2. The molecular weight excluding hydrogens is 396 g/mol. The second-order valence-electron chi connectivity index (χ2n) is 6.23. The average Bonchev–Trinajstić information content (AvgIpc) is 2.72. The zero-order chi connectivity index (χ0) is 21.2. The first-order valence-corrected chi connectivity index (χ1v) is 9.46. The van der Waals surface area contributed by atoms with Crippen molar-refractivity contribution in [1.82, 2.24) is 4.90 Å². The summed E-state index contributed by atoms with van der Waals surface area (Å²) in [6.07, 6.45) is 0.885. The molecule has 2 rings (SSSR count). The molecule has 154 valence electrons. The minimum Gasteiger partial charge on any atom is -0.494 e. The fraction of sp³-hybridized carbons (Fsp3) is 0.286. The summed E-state index contributed by atoms with van der Waals surface area (Å²) in [5.41, 5.74) is 0.763. The summed E-state index contributed by atoms with van der Waals surface area (Å²) in [5, 5.41) is 3.02. The zero-order valence-electron chi connectivity index (χ0n) is 16.3. The second-order valence-corrected chi connectivity index (χ2v) is 6.63. The summed E-state index contributed by atoms with van der Waals surface area (Å²) in [4.78, 5) is 37.4. The van der Waals surface area contributed by atoms with Gasteiger partial charge in [0.15, 0.2) is 6.61 Å². The molecule has 0 heterocycles. The standard InChI is InChI=1S/C21H23ClN2O5/c1-3-12-28-16-10-8-15(9-11-16)21(27)29-14-20(26)24(2)13-19(25)23-18-7-5-4-6-17(18)22/h4-11H,3,12-14H2,1-2H3,(H,23,25). The lowest BCUT2D eigenvalue weighted by atomic mass is 10.2. The number of carbonyl (C=O) groups excluding carboxylic acids is 3. The Labute approximate surface area is 174 Å². The van der Waals surface area contributed by atoms with Crippen molar-refractivity contribution in [3.05, 3.63) is 59.1 Å². The number of nitrogens with zero attached hydrogens (tertiary/aromatic N) is 1. The molecule has 0 bridgehead atoms. The van der Waals surface area contributed by atoms with E-state index >= 15 is 0 Å². The Morgan fingerprint density at radius 3 is 2.41 bits per heavy atom. The molecule has 0 saturated carbocycles. The van der Waals surface area contributed by atoms with Crippen LogP contribution in [0.4, 0.5) is 5.69 Å². The summed E-state index contributed by atoms with van der Waals surface area (Å²) >= 11 is 5.98. The van der Waals surface area contributed by atoms with Gasteiger partial charge in [-0.2, -0.15) is 0 Å². The topological polar surface area (TPSA) is 84.9 Å². The van der Waals surface area contributed by atoms with Crippen LogP contribution in [0.15, 0.2) is 48.5 Å². The molecule has 0 aliphatic carbocycles. The van der Waals surface area contributed by atoms with Gasteiger partial charge in [-0.05, 0) is 42.8 Å². The van der Waals surface area contributed by atoms with Crippen molar-refractivity contribution in [2.24, 2.45) is 0 Å². The molecule has 2 amide bonds. The van der Waals surface area contributed by atoms with Gasteiger partial charge < -0.3 is 19.7 Å². The molecule has 0 radical (unpaired) electrons. The molecule has 0 spiro atoms. The molecular formula is C21H23ClN2O5. The molecule has 0 aliphatic rings. The van der Waals surface area contributed by atoms with Crippen LogP contribution in [0.3, 0.4) is 0 Å². The Morgan fingerprint density at radius 1 is 1.07 bits per heavy atom. The number of anilines is 1. The molecule has 7 nitrogen and oxygen atoms in total. The van der Waals surface area contributed by atoms with Crippen LogP contribution in [0.1, 0.15) is 23.7 Å². The first-order chi connectivity index (χ1) is 13.9. The van der Waals surface area contributed by atoms with E-state index in [0.29, 0.717) is 28.6 Å². The van der Waals surface area contributed by atoms with Crippen molar-refractivity contribution < 1.29 is 23.9 Å². The van der Waals surface area contributed by atoms with Crippen molar-refractivity contribution in [2.45, 2.75) is 13.3 Å². The van der Waals surface area contributed by atoms with Crippen LogP contribution in [-0.2, 0) is 14.3 Å². The van der Waals surface area contributed by atoms with E-state index in [1.165, 1.54) is 11.9 Å². The van der Waals surface area contributed by atoms with Crippen LogP contribution < -0.4 is 10.1 Å². The van der Waals surface area contributed by atoms with Gasteiger partial charge in [0, 0.05) is 7.05 Å². The van der Waals surface area contributed by atoms with Gasteiger partial charge in [0.1, 0.15) is 5.75 Å². The molecule has 0 aliphatic heterocycles. The van der Waals surface area contributed by atoms with Gasteiger partial charge in [-0.3, -0.25) is 9.59 Å². The Kier molecular flexibility index (Phi) is 8.48. The SMILES string of the molecule is CCCOc1ccc(C(=O)OCC(=O)N(C)CC(=O)Nc2ccccc2Cl)cc1. The van der Waals surface area contributed by atoms with Gasteiger partial charge in [0.25, 0.3) is 5.91 Å². The molecule has 2 aromatic carbocycles. The second kappa shape index (κ2) is 11.1. The van der Waals surface area contributed by atoms with E-state index < -0.39 is 24.4 Å². The van der Waals surface area contributed by atoms with E-state index in [9.17, 15) is 14.4 Å². The molecule has 2 aromatic rings. The van der Waals surface area contributed by atoms with Gasteiger partial charge in [0.05, 0.1) is 29.4 Å². The van der Waals surface area contributed by atoms with Crippen LogP contribution in [0, 0.1) is 0 Å². The van der Waals surface area contributed by atoms with Gasteiger partial charge in [0.2, 0.25) is 5.91 Å². The summed E-state index contributed by atoms with van der Waals surface area (Å²) in [6.45, 7) is 1.92. The lowest BCUT2D eigenvalue weighted by Gasteiger charge is -2.17. The molecule has 1 N–H and O–H groups in total. The molecule has 0 unspecified atom stereocenters. The van der Waals surface area contributed by atoms with Crippen LogP contribution in [0.25, 0.3) is 0 Å². The molecule has 0 aromatic heterocycles. The first kappa shape index (κ1) is 22.2. The van der Waals surface area contributed by atoms with Crippen molar-refractivity contribution in [1.29, 1.82) is 0 Å². The highest BCUT2D eigenvalue weighted by atomic mass is 35.5. The lowest BCUT2D eigenvalue weighted by molar-refractivity contribution is -0.136. The number of benzene rings is 2. The van der Waals surface area contributed by atoms with E-state index in [-0.39, 0.29) is 6.54 Å². The van der Waals surface area contributed by atoms with Crippen molar-refractivity contribution >= 4 is 35.1 Å². The zero-order valence-corrected chi connectivity index (χ0v) is 17.1. The number of esters is 1. The number of rotatable bonds is 9. The molecule has 0 fully saturated rings. The summed E-state index contributed by atoms with van der Waals surface area (Å²) in [7, 11) is 1.45. The minimum absolute atomic E-state index is 0.203. The number of nitrogens with one attached hydrogen (secondary N) is 1. The van der Waals surface area contributed by atoms with Crippen LogP contribution in [0.5, 0.6) is 5.75 Å². The fourth-order valence-electron chi connectivity index (χ4n) is 2.28. The third-order valence-corrected chi connectivity index (χ3v) is 4.17. The number of halogens is 1. The number of carbonyl (C=O) groups is 3. The number of hydrogen-bond donors (Lipinski definition) is 1. The van der Waals surface area contributed by atoms with Crippen LogP contribution >= 0.6 is 11.6 Å². The van der Waals surface area contributed by atoms with E-state index in [4.69, 9.17) is 21.1 Å². The van der Waals surface area contributed by atoms with Gasteiger partial charge in [-0.1, -0.05) is 30.7 Å². The van der Waals surface area contributed by atoms with Gasteiger partial charge >= 0.3 is 5.97 Å². The van der Waals surface area contributed by atoms with E-state index in [1.54, 1.807) is 48.5 Å². The number of amides is 2. The number of likely N-dealkylation sites (N-methyl/N-ethyl adjacent to an activating group) is 1. The van der Waals surface area contributed by atoms with Crippen molar-refractivity contribution in [3.8, 4) is 5.75 Å². The van der Waals surface area contributed by atoms with E-state index in [2.05, 4.69) is 5.32 Å². The highest BCUT2D eigenvalue weighted by Gasteiger charge is 2.16. The Morgan fingerprint density at radius 2 is 1.76 bits per heavy atom. The number of ether oxygens (including phenoxy) is 2. The third kappa shape index (κ3) is 7.12. The highest BCUT2D eigenvalue weighted by Crippen LogP contribution is 2.20. The monoisotopic (exact) mass is 418 g/mol. The largest absolute Gasteiger partial charge is 0.494 e. The smallest absolute Gasteiger partial charge is 0.338 e. The molecule has 29 heavy (non-hydrogen) atoms.